The second-order valence-corrected chi connectivity index (χ2v) is 7.51. The molecule has 2 rings (SSSR count). The maximum Gasteiger partial charge on any atom is 0.219 e. The number of nitrogens with zero attached hydrogens (tertiary/aromatic N) is 2. The van der Waals surface area contributed by atoms with Crippen molar-refractivity contribution in [2.45, 2.75) is 38.1 Å². The van der Waals surface area contributed by atoms with E-state index in [1.807, 2.05) is 23.1 Å². The van der Waals surface area contributed by atoms with E-state index in [9.17, 15) is 4.79 Å². The Bertz CT molecular complexity index is 597. The van der Waals surface area contributed by atoms with Crippen LogP contribution in [0.5, 0.6) is 0 Å². The molecule has 1 saturated heterocycles. The second-order valence-electron chi connectivity index (χ2n) is 6.69. The van der Waals surface area contributed by atoms with Gasteiger partial charge in [-0.1, -0.05) is 35.3 Å². The molecule has 5 heteroatoms. The third kappa shape index (κ3) is 5.73. The van der Waals surface area contributed by atoms with Crippen molar-refractivity contribution in [3.05, 3.63) is 53.4 Å². The average molecular weight is 382 g/mol. The normalized spacial score (nSPS) is 17.3. The lowest BCUT2D eigenvalue weighted by atomic mass is 9.96. The van der Waals surface area contributed by atoms with Crippen LogP contribution in [-0.4, -0.2) is 47.9 Å². The number of halogens is 2. The molecule has 137 valence electrons. The number of piperidine rings is 1. The van der Waals surface area contributed by atoms with Crippen LogP contribution in [0.15, 0.2) is 30.9 Å². The summed E-state index contributed by atoms with van der Waals surface area (Å²) in [4.78, 5) is 16.2. The van der Waals surface area contributed by atoms with Crippen molar-refractivity contribution in [1.82, 2.24) is 9.80 Å². The summed E-state index contributed by atoms with van der Waals surface area (Å²) >= 11 is 12.1. The zero-order chi connectivity index (χ0) is 18.4. The summed E-state index contributed by atoms with van der Waals surface area (Å²) in [5, 5.41) is 1.16. The number of benzene rings is 1. The van der Waals surface area contributed by atoms with Crippen LogP contribution in [0.25, 0.3) is 0 Å². The van der Waals surface area contributed by atoms with Crippen LogP contribution >= 0.6 is 23.2 Å². The van der Waals surface area contributed by atoms with E-state index in [4.69, 9.17) is 23.2 Å². The number of carbonyl (C=O) groups is 1. The molecule has 0 aliphatic carbocycles. The Morgan fingerprint density at radius 2 is 2.04 bits per heavy atom. The fourth-order valence-electron chi connectivity index (χ4n) is 3.40. The Labute approximate surface area is 161 Å². The van der Waals surface area contributed by atoms with E-state index in [2.05, 4.69) is 18.4 Å². The van der Waals surface area contributed by atoms with Crippen LogP contribution in [0, 0.1) is 6.92 Å². The second kappa shape index (κ2) is 9.61. The summed E-state index contributed by atoms with van der Waals surface area (Å²) in [6, 6.07) is 6.07. The molecule has 1 atom stereocenters. The molecule has 0 bridgehead atoms. The minimum atomic E-state index is 0.135. The van der Waals surface area contributed by atoms with Crippen LogP contribution in [0.2, 0.25) is 10.0 Å². The molecule has 0 N–H and O–H groups in total. The first-order valence-electron chi connectivity index (χ1n) is 8.81. The zero-order valence-corrected chi connectivity index (χ0v) is 16.4. The van der Waals surface area contributed by atoms with Gasteiger partial charge in [0.25, 0.3) is 0 Å². The van der Waals surface area contributed by atoms with Crippen molar-refractivity contribution in [1.29, 1.82) is 0 Å². The van der Waals surface area contributed by atoms with E-state index in [0.29, 0.717) is 22.6 Å². The van der Waals surface area contributed by atoms with Crippen LogP contribution in [0.3, 0.4) is 0 Å². The van der Waals surface area contributed by atoms with E-state index in [-0.39, 0.29) is 11.8 Å². The van der Waals surface area contributed by atoms with Gasteiger partial charge in [0.05, 0.1) is 10.0 Å². The molecular formula is C20H27Cl2N2O. The monoisotopic (exact) mass is 381 g/mol. The van der Waals surface area contributed by atoms with E-state index < -0.39 is 0 Å². The molecule has 3 nitrogen and oxygen atoms in total. The first kappa shape index (κ1) is 20.3. The van der Waals surface area contributed by atoms with E-state index in [1.54, 1.807) is 13.0 Å². The highest BCUT2D eigenvalue weighted by molar-refractivity contribution is 6.42. The van der Waals surface area contributed by atoms with Gasteiger partial charge in [0, 0.05) is 32.6 Å². The Balaban J connectivity index is 1.80. The molecule has 1 amide bonds. The summed E-state index contributed by atoms with van der Waals surface area (Å²) in [6.45, 7) is 13.3. The molecule has 1 fully saturated rings. The summed E-state index contributed by atoms with van der Waals surface area (Å²) in [5.74, 6) is 0.331. The minimum Gasteiger partial charge on any atom is -0.336 e. The summed E-state index contributed by atoms with van der Waals surface area (Å²) < 4.78 is 0. The third-order valence-electron chi connectivity index (χ3n) is 4.94. The molecule has 25 heavy (non-hydrogen) atoms. The Morgan fingerprint density at radius 3 is 2.60 bits per heavy atom. The number of likely N-dealkylation sites (tertiary alicyclic amines) is 1. The van der Waals surface area contributed by atoms with Gasteiger partial charge < -0.3 is 9.80 Å². The molecule has 1 unspecified atom stereocenters. The van der Waals surface area contributed by atoms with Gasteiger partial charge in [0.2, 0.25) is 5.91 Å². The number of carbonyl (C=O) groups excluding carboxylic acids is 1. The van der Waals surface area contributed by atoms with Gasteiger partial charge >= 0.3 is 0 Å². The molecule has 1 radical (unpaired) electrons. The molecule has 0 saturated carbocycles. The smallest absolute Gasteiger partial charge is 0.219 e. The number of rotatable bonds is 7. The highest BCUT2D eigenvalue weighted by atomic mass is 35.5. The van der Waals surface area contributed by atoms with Crippen molar-refractivity contribution in [2.75, 3.05) is 26.2 Å². The highest BCUT2D eigenvalue weighted by Gasteiger charge is 2.25. The van der Waals surface area contributed by atoms with Gasteiger partial charge in [0.15, 0.2) is 0 Å². The topological polar surface area (TPSA) is 23.6 Å². The molecule has 1 aromatic rings. The van der Waals surface area contributed by atoms with Crippen molar-refractivity contribution < 1.29 is 4.79 Å². The first-order chi connectivity index (χ1) is 11.9. The Morgan fingerprint density at radius 1 is 1.36 bits per heavy atom. The van der Waals surface area contributed by atoms with Crippen molar-refractivity contribution in [2.24, 2.45) is 0 Å². The third-order valence-corrected chi connectivity index (χ3v) is 5.68. The Hall–Kier alpha value is -1.03. The van der Waals surface area contributed by atoms with Gasteiger partial charge in [-0.05, 0) is 56.3 Å². The van der Waals surface area contributed by atoms with Crippen LogP contribution in [-0.2, 0) is 4.79 Å². The molecule has 0 spiro atoms. The lowest BCUT2D eigenvalue weighted by Gasteiger charge is -2.38. The maximum atomic E-state index is 11.8. The largest absolute Gasteiger partial charge is 0.336 e. The molecule has 0 aromatic heterocycles. The highest BCUT2D eigenvalue weighted by Crippen LogP contribution is 2.28. The SMILES string of the molecule is [CH2]C(CCN1CCC(N(CC=C)C(C)=O)CC1)c1ccc(Cl)c(Cl)c1. The van der Waals surface area contributed by atoms with Crippen LogP contribution in [0.4, 0.5) is 0 Å². The molecule has 1 heterocycles. The fraction of sp³-hybridized carbons (Fsp3) is 0.500. The van der Waals surface area contributed by atoms with Crippen molar-refractivity contribution in [3.8, 4) is 0 Å². The van der Waals surface area contributed by atoms with Gasteiger partial charge in [-0.2, -0.15) is 0 Å². The van der Waals surface area contributed by atoms with E-state index in [0.717, 1.165) is 44.5 Å². The van der Waals surface area contributed by atoms with Crippen LogP contribution < -0.4 is 0 Å². The molecule has 1 aromatic carbocycles. The first-order valence-corrected chi connectivity index (χ1v) is 9.56. The van der Waals surface area contributed by atoms with Gasteiger partial charge in [0.1, 0.15) is 0 Å². The predicted octanol–water partition coefficient (Wildman–Crippen LogP) is 4.80. The minimum absolute atomic E-state index is 0.135. The lowest BCUT2D eigenvalue weighted by Crippen LogP contribution is -2.47. The number of hydrogen-bond donors (Lipinski definition) is 0. The fourth-order valence-corrected chi connectivity index (χ4v) is 3.71. The quantitative estimate of drug-likeness (QED) is 0.633. The predicted molar refractivity (Wildman–Crippen MR) is 106 cm³/mol. The maximum absolute atomic E-state index is 11.8. The Kier molecular flexibility index (Phi) is 7.80. The average Bonchev–Trinajstić information content (AvgIpc) is 2.60. The number of hydrogen-bond acceptors (Lipinski definition) is 2. The summed E-state index contributed by atoms with van der Waals surface area (Å²) in [6.07, 6.45) is 4.81. The van der Waals surface area contributed by atoms with Gasteiger partial charge in [-0.15, -0.1) is 6.58 Å². The molecule has 1 aliphatic rings. The van der Waals surface area contributed by atoms with E-state index >= 15 is 0 Å². The van der Waals surface area contributed by atoms with E-state index in [1.165, 1.54) is 0 Å². The van der Waals surface area contributed by atoms with Gasteiger partial charge in [-0.25, -0.2) is 0 Å². The standard InChI is InChI=1S/C20H27Cl2N2O/c1-4-10-24(16(3)25)18-8-12-23(13-9-18)11-7-15(2)17-5-6-19(21)20(22)14-17/h4-6,14-15,18H,1-2,7-13H2,3H3. The number of amides is 1. The van der Waals surface area contributed by atoms with Gasteiger partial charge in [-0.3, -0.25) is 4.79 Å². The molecular weight excluding hydrogens is 355 g/mol. The lowest BCUT2D eigenvalue weighted by molar-refractivity contribution is -0.131. The summed E-state index contributed by atoms with van der Waals surface area (Å²) in [7, 11) is 0. The summed E-state index contributed by atoms with van der Waals surface area (Å²) in [5.41, 5.74) is 1.12. The van der Waals surface area contributed by atoms with Crippen molar-refractivity contribution in [3.63, 3.8) is 0 Å². The van der Waals surface area contributed by atoms with Crippen molar-refractivity contribution >= 4 is 29.1 Å². The zero-order valence-electron chi connectivity index (χ0n) is 14.9. The molecule has 1 aliphatic heterocycles. The van der Waals surface area contributed by atoms with Crippen LogP contribution in [0.1, 0.15) is 37.7 Å².